The van der Waals surface area contributed by atoms with E-state index in [0.29, 0.717) is 17.2 Å². The van der Waals surface area contributed by atoms with Crippen molar-refractivity contribution in [2.24, 2.45) is 0 Å². The van der Waals surface area contributed by atoms with Crippen LogP contribution in [-0.4, -0.2) is 50.6 Å². The second kappa shape index (κ2) is 6.53. The SMILES string of the molecule is CN[C@@H]1CC2OC(C)([C@@H]1OC)n1c3ccccc3c3c4c(O)[nH]c(O)c4c4c5ccccc5n2c4c31. The third-order valence-electron chi connectivity index (χ3n) is 8.55. The average Bonchev–Trinajstić information content (AvgIpc) is 3.48. The molecule has 0 aliphatic carbocycles. The largest absolute Gasteiger partial charge is 0.494 e. The lowest BCUT2D eigenvalue weighted by molar-refractivity contribution is -0.256. The highest BCUT2D eigenvalue weighted by Gasteiger charge is 2.52. The normalized spacial score (nSPS) is 25.7. The molecule has 0 spiro atoms. The number of methoxy groups -OCH3 is 1. The van der Waals surface area contributed by atoms with E-state index in [4.69, 9.17) is 9.47 Å². The van der Waals surface area contributed by atoms with E-state index >= 15 is 0 Å². The lowest BCUT2D eigenvalue weighted by atomic mass is 9.93. The van der Waals surface area contributed by atoms with E-state index < -0.39 is 5.72 Å². The molecule has 0 saturated carbocycles. The first kappa shape index (κ1) is 20.5. The number of aromatic amines is 1. The highest BCUT2D eigenvalue weighted by atomic mass is 16.6. The van der Waals surface area contributed by atoms with E-state index in [1.54, 1.807) is 7.11 Å². The van der Waals surface area contributed by atoms with Crippen LogP contribution in [0.5, 0.6) is 11.8 Å². The molecule has 6 aromatic rings. The Balaban J connectivity index is 1.77. The zero-order chi connectivity index (χ0) is 24.5. The molecule has 2 bridgehead atoms. The predicted octanol–water partition coefficient (Wildman–Crippen LogP) is 5.00. The number of aromatic nitrogens is 3. The van der Waals surface area contributed by atoms with Gasteiger partial charge in [-0.25, -0.2) is 0 Å². The van der Waals surface area contributed by atoms with Gasteiger partial charge in [0.05, 0.1) is 32.8 Å². The molecule has 36 heavy (non-hydrogen) atoms. The molecule has 2 aliphatic rings. The van der Waals surface area contributed by atoms with Crippen molar-refractivity contribution in [3.63, 3.8) is 0 Å². The van der Waals surface area contributed by atoms with Gasteiger partial charge in [-0.05, 0) is 26.1 Å². The molecule has 2 unspecified atom stereocenters. The Hall–Kier alpha value is -3.72. The smallest absolute Gasteiger partial charge is 0.200 e. The number of rotatable bonds is 2. The fraction of sp³-hybridized carbons (Fsp3) is 0.286. The predicted molar refractivity (Wildman–Crippen MR) is 140 cm³/mol. The van der Waals surface area contributed by atoms with Gasteiger partial charge in [-0.15, -0.1) is 0 Å². The van der Waals surface area contributed by atoms with Crippen LogP contribution < -0.4 is 5.32 Å². The molecule has 1 saturated heterocycles. The van der Waals surface area contributed by atoms with E-state index in [1.165, 1.54) is 0 Å². The van der Waals surface area contributed by atoms with Crippen molar-refractivity contribution in [1.82, 2.24) is 19.4 Å². The van der Waals surface area contributed by atoms with Crippen LogP contribution in [0.25, 0.3) is 54.4 Å². The molecule has 2 aliphatic heterocycles. The molecule has 3 aromatic heterocycles. The summed E-state index contributed by atoms with van der Waals surface area (Å²) in [5, 5.41) is 30.7. The number of nitrogens with one attached hydrogen (secondary N) is 2. The van der Waals surface area contributed by atoms with Gasteiger partial charge >= 0.3 is 0 Å². The van der Waals surface area contributed by atoms with Crippen molar-refractivity contribution in [1.29, 1.82) is 0 Å². The number of fused-ring (bicyclic) bond motifs is 13. The van der Waals surface area contributed by atoms with Crippen LogP contribution in [0.1, 0.15) is 19.6 Å². The Morgan fingerprint density at radius 1 is 0.944 bits per heavy atom. The van der Waals surface area contributed by atoms with Crippen LogP contribution in [-0.2, 0) is 15.2 Å². The number of para-hydroxylation sites is 2. The Labute approximate surface area is 205 Å². The van der Waals surface area contributed by atoms with Crippen LogP contribution in [0.15, 0.2) is 48.5 Å². The Kier molecular flexibility index (Phi) is 3.71. The summed E-state index contributed by atoms with van der Waals surface area (Å²) in [6, 6.07) is 16.4. The van der Waals surface area contributed by atoms with Crippen LogP contribution in [0.4, 0.5) is 0 Å². The number of likely N-dealkylation sites (N-methyl/N-ethyl adjacent to an activating group) is 1. The summed E-state index contributed by atoms with van der Waals surface area (Å²) in [6.45, 7) is 2.10. The number of H-pyrrole nitrogens is 1. The van der Waals surface area contributed by atoms with Crippen molar-refractivity contribution in [2.75, 3.05) is 14.2 Å². The first-order valence-electron chi connectivity index (χ1n) is 12.3. The highest BCUT2D eigenvalue weighted by Crippen LogP contribution is 2.55. The number of benzene rings is 3. The van der Waals surface area contributed by atoms with Gasteiger partial charge in [0, 0.05) is 41.1 Å². The number of hydrogen-bond donors (Lipinski definition) is 4. The summed E-state index contributed by atoms with van der Waals surface area (Å²) in [5.41, 5.74) is 3.12. The minimum Gasteiger partial charge on any atom is -0.494 e. The standard InChI is InChI=1S/C28H26N4O4/c1-28-25(35-3)15(29-2)12-18(36-28)31-16-10-6-4-8-13(16)19-21-22(27(34)30-26(21)33)20-14-9-5-7-11-17(14)32(28)24(20)23(19)31/h4-11,15,18,25,29-30,33-34H,12H2,1-3H3/t15-,18?,25-,28?/m1/s1. The van der Waals surface area contributed by atoms with Crippen LogP contribution in [0.2, 0.25) is 0 Å². The average molecular weight is 483 g/mol. The van der Waals surface area contributed by atoms with Crippen LogP contribution in [0.3, 0.4) is 0 Å². The first-order valence-corrected chi connectivity index (χ1v) is 12.3. The molecule has 182 valence electrons. The molecule has 0 radical (unpaired) electrons. The number of ether oxygens (including phenoxy) is 2. The van der Waals surface area contributed by atoms with Gasteiger partial charge in [0.2, 0.25) is 0 Å². The fourth-order valence-electron chi connectivity index (χ4n) is 7.28. The lowest BCUT2D eigenvalue weighted by Gasteiger charge is -2.48. The summed E-state index contributed by atoms with van der Waals surface area (Å²) < 4.78 is 17.8. The monoisotopic (exact) mass is 482 g/mol. The summed E-state index contributed by atoms with van der Waals surface area (Å²) in [6.07, 6.45) is 0.174. The zero-order valence-electron chi connectivity index (χ0n) is 20.2. The summed E-state index contributed by atoms with van der Waals surface area (Å²) in [7, 11) is 3.71. The van der Waals surface area contributed by atoms with Crippen LogP contribution >= 0.6 is 0 Å². The topological polar surface area (TPSA) is 96.6 Å². The molecule has 1 fully saturated rings. The highest BCUT2D eigenvalue weighted by molar-refractivity contribution is 6.38. The lowest BCUT2D eigenvalue weighted by Crippen LogP contribution is -2.59. The minimum absolute atomic E-state index is 0.0358. The van der Waals surface area contributed by atoms with E-state index in [9.17, 15) is 10.2 Å². The fourth-order valence-corrected chi connectivity index (χ4v) is 7.28. The molecule has 0 amide bonds. The maximum Gasteiger partial charge on any atom is 0.200 e. The Morgan fingerprint density at radius 2 is 1.56 bits per heavy atom. The third-order valence-corrected chi connectivity index (χ3v) is 8.55. The second-order valence-electron chi connectivity index (χ2n) is 10.2. The molecule has 4 atom stereocenters. The maximum atomic E-state index is 11.1. The maximum absolute atomic E-state index is 11.1. The van der Waals surface area contributed by atoms with E-state index in [2.05, 4.69) is 50.6 Å². The molecule has 8 heteroatoms. The van der Waals surface area contributed by atoms with Gasteiger partial charge in [0.25, 0.3) is 0 Å². The molecular weight excluding hydrogens is 456 g/mol. The van der Waals surface area contributed by atoms with Crippen LogP contribution in [0, 0.1) is 0 Å². The van der Waals surface area contributed by atoms with Crippen molar-refractivity contribution in [2.45, 2.75) is 37.4 Å². The zero-order valence-corrected chi connectivity index (χ0v) is 20.2. The van der Waals surface area contributed by atoms with E-state index in [1.807, 2.05) is 31.3 Å². The van der Waals surface area contributed by atoms with Gasteiger partial charge in [-0.3, -0.25) is 4.98 Å². The van der Waals surface area contributed by atoms with Gasteiger partial charge in [0.1, 0.15) is 12.3 Å². The van der Waals surface area contributed by atoms with Crippen molar-refractivity contribution >= 4 is 54.4 Å². The van der Waals surface area contributed by atoms with Crippen molar-refractivity contribution in [3.8, 4) is 11.8 Å². The molecule has 4 N–H and O–H groups in total. The number of aromatic hydroxyl groups is 2. The van der Waals surface area contributed by atoms with Gasteiger partial charge in [-0.2, -0.15) is 0 Å². The second-order valence-corrected chi connectivity index (χ2v) is 10.2. The number of hydrogen-bond acceptors (Lipinski definition) is 5. The summed E-state index contributed by atoms with van der Waals surface area (Å²) in [5.74, 6) is -0.0785. The van der Waals surface area contributed by atoms with Gasteiger partial charge in [0.15, 0.2) is 17.5 Å². The summed E-state index contributed by atoms with van der Waals surface area (Å²) in [4.78, 5) is 2.81. The van der Waals surface area contributed by atoms with Gasteiger partial charge < -0.3 is 34.1 Å². The molecule has 3 aromatic carbocycles. The van der Waals surface area contributed by atoms with E-state index in [0.717, 1.165) is 43.6 Å². The first-order chi connectivity index (χ1) is 17.5. The Morgan fingerprint density at radius 3 is 2.22 bits per heavy atom. The minimum atomic E-state index is -0.846. The van der Waals surface area contributed by atoms with Crippen molar-refractivity contribution < 1.29 is 19.7 Å². The van der Waals surface area contributed by atoms with Crippen molar-refractivity contribution in [3.05, 3.63) is 48.5 Å². The van der Waals surface area contributed by atoms with E-state index in [-0.39, 0.29) is 30.1 Å². The molecule has 8 nitrogen and oxygen atoms in total. The molecular formula is C28H26N4O4. The molecule has 5 heterocycles. The molecule has 8 rings (SSSR count). The third kappa shape index (κ3) is 2.10. The Bertz CT molecular complexity index is 1900. The quantitative estimate of drug-likeness (QED) is 0.278. The number of nitrogens with zero attached hydrogens (tertiary/aromatic N) is 2. The summed E-state index contributed by atoms with van der Waals surface area (Å²) >= 11 is 0. The van der Waals surface area contributed by atoms with Gasteiger partial charge in [-0.1, -0.05) is 36.4 Å².